The van der Waals surface area contributed by atoms with Crippen LogP contribution in [0.25, 0.3) is 0 Å². The summed E-state index contributed by atoms with van der Waals surface area (Å²) in [4.78, 5) is 4.14. The summed E-state index contributed by atoms with van der Waals surface area (Å²) >= 11 is 7.29. The lowest BCUT2D eigenvalue weighted by molar-refractivity contribution is 1.01. The van der Waals surface area contributed by atoms with E-state index in [1.54, 1.807) is 31.0 Å². The van der Waals surface area contributed by atoms with Crippen molar-refractivity contribution < 1.29 is 0 Å². The van der Waals surface area contributed by atoms with Crippen LogP contribution in [0.15, 0.2) is 33.9 Å². The van der Waals surface area contributed by atoms with Gasteiger partial charge in [0.2, 0.25) is 0 Å². The van der Waals surface area contributed by atoms with Crippen LogP contribution in [0.4, 0.5) is 0 Å². The van der Waals surface area contributed by atoms with E-state index in [-0.39, 0.29) is 0 Å². The molecular weight excluding hydrogens is 280 g/mol. The summed E-state index contributed by atoms with van der Waals surface area (Å²) in [6, 6.07) is 0. The average molecular weight is 301 g/mol. The van der Waals surface area contributed by atoms with E-state index < -0.39 is 0 Å². The van der Waals surface area contributed by atoms with Crippen molar-refractivity contribution in [2.24, 2.45) is 10.1 Å². The Balaban J connectivity index is 4.41. The molecule has 0 aliphatic rings. The number of thioether (sulfide) groups is 1. The maximum Gasteiger partial charge on any atom is 0.144 e. The summed E-state index contributed by atoms with van der Waals surface area (Å²) in [5.74, 6) is 2.36. The van der Waals surface area contributed by atoms with Gasteiger partial charge in [0.1, 0.15) is 5.84 Å². The van der Waals surface area contributed by atoms with Crippen molar-refractivity contribution in [3.05, 3.63) is 23.8 Å². The quantitative estimate of drug-likeness (QED) is 0.189. The van der Waals surface area contributed by atoms with Gasteiger partial charge in [0, 0.05) is 24.9 Å². The van der Waals surface area contributed by atoms with Gasteiger partial charge < -0.3 is 5.41 Å². The minimum absolute atomic E-state index is 0.677. The molecule has 0 bridgehead atoms. The summed E-state index contributed by atoms with van der Waals surface area (Å²) in [5, 5.41) is 12.1. The number of amidine groups is 1. The number of hydrogen-bond donors (Lipinski definition) is 2. The first-order chi connectivity index (χ1) is 9.15. The minimum atomic E-state index is 0.677. The van der Waals surface area contributed by atoms with E-state index in [4.69, 9.17) is 17.0 Å². The van der Waals surface area contributed by atoms with Crippen LogP contribution in [0.5, 0.6) is 0 Å². The van der Waals surface area contributed by atoms with Crippen molar-refractivity contribution in [1.29, 1.82) is 5.41 Å². The predicted octanol–water partition coefficient (Wildman–Crippen LogP) is 3.45. The lowest BCUT2D eigenvalue weighted by atomic mass is 10.2. The van der Waals surface area contributed by atoms with E-state index in [1.807, 2.05) is 19.9 Å². The number of alkyl halides is 1. The predicted molar refractivity (Wildman–Crippen MR) is 89.1 cm³/mol. The van der Waals surface area contributed by atoms with Gasteiger partial charge in [-0.3, -0.25) is 10.4 Å². The van der Waals surface area contributed by atoms with Gasteiger partial charge in [-0.05, 0) is 31.9 Å². The first kappa shape index (κ1) is 17.9. The van der Waals surface area contributed by atoms with Crippen molar-refractivity contribution >= 4 is 40.5 Å². The molecule has 0 saturated heterocycles. The Kier molecular flexibility index (Phi) is 11.3. The number of allylic oxidation sites excluding steroid dienone is 3. The molecule has 0 heterocycles. The molecule has 0 aromatic rings. The average Bonchev–Trinajstić information content (AvgIpc) is 2.40. The largest absolute Gasteiger partial charge is 0.309 e. The van der Waals surface area contributed by atoms with Gasteiger partial charge in [-0.25, -0.2) is 0 Å². The standard InChI is InChI=1S/C13H21ClN4S/c1-11(7-4-5-9-15)13(16-3)18-17-12(2)19-10-6-8-14/h4-5,7,9,15H,6,8,10H2,1-3H3,(H,16,18)/b5-4-,11-7+,15-9?,17-12+. The van der Waals surface area contributed by atoms with Gasteiger partial charge in [0.25, 0.3) is 0 Å². The third-order valence-corrected chi connectivity index (χ3v) is 3.33. The molecule has 0 unspecified atom stereocenters. The highest BCUT2D eigenvalue weighted by atomic mass is 35.5. The van der Waals surface area contributed by atoms with Crippen molar-refractivity contribution in [2.75, 3.05) is 18.7 Å². The highest BCUT2D eigenvalue weighted by Gasteiger charge is 1.99. The lowest BCUT2D eigenvalue weighted by Crippen LogP contribution is -2.19. The smallest absolute Gasteiger partial charge is 0.144 e. The first-order valence-corrected chi connectivity index (χ1v) is 7.48. The number of nitrogens with one attached hydrogen (secondary N) is 2. The summed E-state index contributed by atoms with van der Waals surface area (Å²) in [6.07, 6.45) is 7.52. The zero-order valence-electron chi connectivity index (χ0n) is 11.6. The molecule has 0 aliphatic heterocycles. The van der Waals surface area contributed by atoms with Crippen LogP contribution in [0.3, 0.4) is 0 Å². The minimum Gasteiger partial charge on any atom is -0.309 e. The second-order valence-electron chi connectivity index (χ2n) is 3.61. The van der Waals surface area contributed by atoms with Gasteiger partial charge in [0.15, 0.2) is 0 Å². The number of nitrogens with zero attached hydrogens (tertiary/aromatic N) is 2. The van der Waals surface area contributed by atoms with Crippen LogP contribution < -0.4 is 5.43 Å². The maximum absolute atomic E-state index is 6.90. The molecule has 0 aromatic carbocycles. The third-order valence-electron chi connectivity index (χ3n) is 2.06. The van der Waals surface area contributed by atoms with Gasteiger partial charge in [-0.1, -0.05) is 12.2 Å². The Bertz CT molecular complexity index is 386. The highest BCUT2D eigenvalue weighted by Crippen LogP contribution is 2.06. The van der Waals surface area contributed by atoms with Crippen LogP contribution in [0, 0.1) is 5.41 Å². The molecule has 0 aromatic heterocycles. The lowest BCUT2D eigenvalue weighted by Gasteiger charge is -2.06. The van der Waals surface area contributed by atoms with Crippen LogP contribution in [0.2, 0.25) is 0 Å². The van der Waals surface area contributed by atoms with E-state index in [0.29, 0.717) is 11.7 Å². The van der Waals surface area contributed by atoms with Gasteiger partial charge in [0.05, 0.1) is 5.04 Å². The SMILES string of the molecule is CN=C(N/N=C(\C)SCCCCl)/C(C)=C/C=C\C=N. The van der Waals surface area contributed by atoms with E-state index in [2.05, 4.69) is 15.5 Å². The Labute approximate surface area is 124 Å². The fourth-order valence-corrected chi connectivity index (χ4v) is 2.07. The summed E-state index contributed by atoms with van der Waals surface area (Å²) in [5.41, 5.74) is 3.91. The number of aliphatic imine (C=N–C) groups is 1. The van der Waals surface area contributed by atoms with Crippen molar-refractivity contribution in [2.45, 2.75) is 20.3 Å². The molecule has 0 amide bonds. The molecule has 106 valence electrons. The molecule has 0 saturated carbocycles. The van der Waals surface area contributed by atoms with E-state index in [9.17, 15) is 0 Å². The third kappa shape index (κ3) is 9.50. The molecule has 0 atom stereocenters. The fourth-order valence-electron chi connectivity index (χ4n) is 1.09. The van der Waals surface area contributed by atoms with Crippen molar-refractivity contribution in [3.63, 3.8) is 0 Å². The summed E-state index contributed by atoms with van der Waals surface area (Å²) in [7, 11) is 1.71. The number of hydrazone groups is 1. The van der Waals surface area contributed by atoms with E-state index >= 15 is 0 Å². The van der Waals surface area contributed by atoms with Crippen LogP contribution in [-0.4, -0.2) is 35.8 Å². The van der Waals surface area contributed by atoms with Gasteiger partial charge >= 0.3 is 0 Å². The van der Waals surface area contributed by atoms with E-state index in [1.165, 1.54) is 6.21 Å². The second kappa shape index (κ2) is 12.0. The van der Waals surface area contributed by atoms with Gasteiger partial charge in [-0.15, -0.1) is 23.4 Å². The molecule has 19 heavy (non-hydrogen) atoms. The molecule has 0 fully saturated rings. The summed E-state index contributed by atoms with van der Waals surface area (Å²) < 4.78 is 0. The Hall–Kier alpha value is -1.07. The molecular formula is C13H21ClN4S. The Morgan fingerprint density at radius 2 is 2.11 bits per heavy atom. The Morgan fingerprint density at radius 1 is 1.37 bits per heavy atom. The second-order valence-corrected chi connectivity index (χ2v) is 5.27. The first-order valence-electron chi connectivity index (χ1n) is 5.96. The zero-order chi connectivity index (χ0) is 14.5. The van der Waals surface area contributed by atoms with Crippen molar-refractivity contribution in [1.82, 2.24) is 5.43 Å². The van der Waals surface area contributed by atoms with Crippen LogP contribution in [-0.2, 0) is 0 Å². The molecule has 0 rings (SSSR count). The molecule has 0 spiro atoms. The van der Waals surface area contributed by atoms with Crippen LogP contribution >= 0.6 is 23.4 Å². The Morgan fingerprint density at radius 3 is 2.68 bits per heavy atom. The molecule has 2 N–H and O–H groups in total. The number of halogens is 1. The number of rotatable bonds is 7. The van der Waals surface area contributed by atoms with Crippen molar-refractivity contribution in [3.8, 4) is 0 Å². The normalized spacial score (nSPS) is 14.0. The fraction of sp³-hybridized carbons (Fsp3) is 0.462. The molecule has 0 radical (unpaired) electrons. The monoisotopic (exact) mass is 300 g/mol. The summed E-state index contributed by atoms with van der Waals surface area (Å²) in [6.45, 7) is 3.89. The topological polar surface area (TPSA) is 60.6 Å². The van der Waals surface area contributed by atoms with Gasteiger partial charge in [-0.2, -0.15) is 5.10 Å². The number of hydrogen-bond acceptors (Lipinski definition) is 4. The molecule has 0 aliphatic carbocycles. The molecule has 6 heteroatoms. The van der Waals surface area contributed by atoms with E-state index in [0.717, 1.165) is 22.8 Å². The zero-order valence-corrected chi connectivity index (χ0v) is 13.2. The maximum atomic E-state index is 6.90. The van der Waals surface area contributed by atoms with Crippen LogP contribution in [0.1, 0.15) is 20.3 Å². The highest BCUT2D eigenvalue weighted by molar-refractivity contribution is 8.13. The molecule has 4 nitrogen and oxygen atoms in total.